The minimum Gasteiger partial charge on any atom is -0.369 e. The summed E-state index contributed by atoms with van der Waals surface area (Å²) in [7, 11) is 0. The van der Waals surface area contributed by atoms with Gasteiger partial charge >= 0.3 is 0 Å². The number of halogens is 1. The second kappa shape index (κ2) is 6.75. The van der Waals surface area contributed by atoms with E-state index >= 15 is 0 Å². The van der Waals surface area contributed by atoms with Gasteiger partial charge in [0.1, 0.15) is 5.82 Å². The summed E-state index contributed by atoms with van der Waals surface area (Å²) in [6.07, 6.45) is 1.19. The molecule has 0 aliphatic carbocycles. The third-order valence-electron chi connectivity index (χ3n) is 3.68. The predicted molar refractivity (Wildman–Crippen MR) is 85.2 cm³/mol. The fourth-order valence-electron chi connectivity index (χ4n) is 2.96. The molecule has 1 atom stereocenters. The van der Waals surface area contributed by atoms with Crippen molar-refractivity contribution in [2.45, 2.75) is 52.4 Å². The number of hydrogen-bond donors (Lipinski definition) is 1. The van der Waals surface area contributed by atoms with Gasteiger partial charge in [0.2, 0.25) is 0 Å². The third kappa shape index (κ3) is 4.42. The minimum absolute atomic E-state index is 0.110. The van der Waals surface area contributed by atoms with Gasteiger partial charge in [0, 0.05) is 19.6 Å². The Kier molecular flexibility index (Phi) is 5.22. The maximum atomic E-state index is 14.4. The van der Waals surface area contributed by atoms with Crippen LogP contribution in [-0.2, 0) is 11.3 Å². The molecular weight excluding hydrogens is 267 g/mol. The molecule has 1 aromatic rings. The summed E-state index contributed by atoms with van der Waals surface area (Å²) in [5.41, 5.74) is 1.42. The van der Waals surface area contributed by atoms with E-state index in [0.717, 1.165) is 31.6 Å². The summed E-state index contributed by atoms with van der Waals surface area (Å²) < 4.78 is 20.3. The van der Waals surface area contributed by atoms with Gasteiger partial charge in [0.15, 0.2) is 0 Å². The van der Waals surface area contributed by atoms with Crippen molar-refractivity contribution in [2.24, 2.45) is 0 Å². The molecule has 1 aliphatic rings. The molecule has 2 rings (SSSR count). The zero-order valence-electron chi connectivity index (χ0n) is 13.6. The van der Waals surface area contributed by atoms with Crippen molar-refractivity contribution in [3.05, 3.63) is 29.6 Å². The Labute approximate surface area is 127 Å². The molecule has 0 aromatic heterocycles. The van der Waals surface area contributed by atoms with E-state index in [1.165, 1.54) is 0 Å². The summed E-state index contributed by atoms with van der Waals surface area (Å²) in [4.78, 5) is 2.09. The summed E-state index contributed by atoms with van der Waals surface area (Å²) in [5.74, 6) is -0.143. The maximum absolute atomic E-state index is 14.4. The first-order valence-corrected chi connectivity index (χ1v) is 7.83. The van der Waals surface area contributed by atoms with Gasteiger partial charge in [-0.15, -0.1) is 0 Å². The highest BCUT2D eigenvalue weighted by molar-refractivity contribution is 5.50. The second-order valence-corrected chi connectivity index (χ2v) is 6.53. The summed E-state index contributed by atoms with van der Waals surface area (Å²) in [6, 6.07) is 5.55. The first-order valence-electron chi connectivity index (χ1n) is 7.83. The van der Waals surface area contributed by atoms with Gasteiger partial charge in [-0.2, -0.15) is 0 Å². The molecule has 0 saturated carbocycles. The van der Waals surface area contributed by atoms with E-state index in [4.69, 9.17) is 4.74 Å². The Morgan fingerprint density at radius 1 is 1.43 bits per heavy atom. The zero-order chi connectivity index (χ0) is 15.5. The molecule has 1 unspecified atom stereocenters. The van der Waals surface area contributed by atoms with Gasteiger partial charge in [0.25, 0.3) is 0 Å². The maximum Gasteiger partial charge on any atom is 0.146 e. The van der Waals surface area contributed by atoms with Crippen LogP contribution in [0.1, 0.15) is 39.7 Å². The quantitative estimate of drug-likeness (QED) is 0.843. The van der Waals surface area contributed by atoms with E-state index in [1.54, 1.807) is 6.07 Å². The van der Waals surface area contributed by atoms with Gasteiger partial charge < -0.3 is 15.0 Å². The molecule has 1 aromatic carbocycles. The molecule has 3 nitrogen and oxygen atoms in total. The van der Waals surface area contributed by atoms with Crippen LogP contribution in [0.5, 0.6) is 0 Å². The molecule has 1 aliphatic heterocycles. The van der Waals surface area contributed by atoms with Gasteiger partial charge in [0.05, 0.1) is 17.4 Å². The number of hydrogen-bond acceptors (Lipinski definition) is 3. The van der Waals surface area contributed by atoms with Crippen LogP contribution < -0.4 is 10.2 Å². The van der Waals surface area contributed by atoms with Crippen LogP contribution in [0.15, 0.2) is 18.2 Å². The first-order chi connectivity index (χ1) is 9.91. The molecule has 0 spiro atoms. The number of nitrogens with zero attached hydrogens (tertiary/aromatic N) is 1. The average Bonchev–Trinajstić information content (AvgIpc) is 2.36. The fraction of sp³-hybridized carbons (Fsp3) is 0.647. The number of nitrogens with one attached hydrogen (secondary N) is 1. The smallest absolute Gasteiger partial charge is 0.146 e. The van der Waals surface area contributed by atoms with Crippen molar-refractivity contribution >= 4 is 5.69 Å². The molecule has 1 N–H and O–H groups in total. The molecule has 1 fully saturated rings. The van der Waals surface area contributed by atoms with Gasteiger partial charge in [-0.05, 0) is 51.4 Å². The molecule has 0 bridgehead atoms. The summed E-state index contributed by atoms with van der Waals surface area (Å²) >= 11 is 0. The highest BCUT2D eigenvalue weighted by Crippen LogP contribution is 2.28. The molecule has 1 saturated heterocycles. The monoisotopic (exact) mass is 294 g/mol. The predicted octanol–water partition coefficient (Wildman–Crippen LogP) is 3.33. The van der Waals surface area contributed by atoms with Crippen molar-refractivity contribution in [1.82, 2.24) is 5.32 Å². The highest BCUT2D eigenvalue weighted by Gasteiger charge is 2.32. The van der Waals surface area contributed by atoms with Crippen molar-refractivity contribution in [1.29, 1.82) is 0 Å². The number of rotatable bonds is 5. The molecule has 0 amide bonds. The lowest BCUT2D eigenvalue weighted by atomic mass is 10.0. The topological polar surface area (TPSA) is 24.5 Å². The zero-order valence-corrected chi connectivity index (χ0v) is 13.6. The number of morpholine rings is 1. The van der Waals surface area contributed by atoms with Crippen LogP contribution in [-0.4, -0.2) is 31.3 Å². The number of benzene rings is 1. The lowest BCUT2D eigenvalue weighted by Gasteiger charge is -2.43. The Morgan fingerprint density at radius 3 is 2.81 bits per heavy atom. The van der Waals surface area contributed by atoms with Crippen LogP contribution >= 0.6 is 0 Å². The Hall–Kier alpha value is -1.13. The van der Waals surface area contributed by atoms with Crippen LogP contribution in [0.25, 0.3) is 0 Å². The van der Waals surface area contributed by atoms with Gasteiger partial charge in [-0.3, -0.25) is 0 Å². The van der Waals surface area contributed by atoms with Crippen molar-refractivity contribution < 1.29 is 9.13 Å². The summed E-state index contributed by atoms with van der Waals surface area (Å²) in [5, 5.41) is 3.30. The third-order valence-corrected chi connectivity index (χ3v) is 3.68. The largest absolute Gasteiger partial charge is 0.369 e. The van der Waals surface area contributed by atoms with Gasteiger partial charge in [-0.1, -0.05) is 13.0 Å². The molecule has 118 valence electrons. The van der Waals surface area contributed by atoms with Gasteiger partial charge in [-0.25, -0.2) is 4.39 Å². The van der Waals surface area contributed by atoms with Crippen LogP contribution in [0.4, 0.5) is 10.1 Å². The van der Waals surface area contributed by atoms with Crippen LogP contribution in [0, 0.1) is 5.82 Å². The highest BCUT2D eigenvalue weighted by atomic mass is 19.1. The molecule has 1 heterocycles. The SMILES string of the molecule is CCCNCc1ccc(N2CC(C)OC(C)(C)C2)c(F)c1. The van der Waals surface area contributed by atoms with Crippen LogP contribution in [0.2, 0.25) is 0 Å². The van der Waals surface area contributed by atoms with Crippen molar-refractivity contribution in [3.8, 4) is 0 Å². The van der Waals surface area contributed by atoms with E-state index in [-0.39, 0.29) is 17.5 Å². The fourth-order valence-corrected chi connectivity index (χ4v) is 2.96. The lowest BCUT2D eigenvalue weighted by Crippen LogP contribution is -2.52. The van der Waals surface area contributed by atoms with E-state index in [0.29, 0.717) is 12.2 Å². The summed E-state index contributed by atoms with van der Waals surface area (Å²) in [6.45, 7) is 11.4. The Bertz CT molecular complexity index is 476. The Morgan fingerprint density at radius 2 is 2.19 bits per heavy atom. The molecule has 0 radical (unpaired) electrons. The first kappa shape index (κ1) is 16.2. The molecule has 4 heteroatoms. The average molecular weight is 294 g/mol. The number of anilines is 1. The normalized spacial score (nSPS) is 21.6. The lowest BCUT2D eigenvalue weighted by molar-refractivity contribution is -0.0751. The molecular formula is C17H27FN2O. The standard InChI is InChI=1S/C17H27FN2O/c1-5-8-19-10-14-6-7-16(15(18)9-14)20-11-13(2)21-17(3,4)12-20/h6-7,9,13,19H,5,8,10-12H2,1-4H3. The minimum atomic E-state index is -0.245. The van der Waals surface area contributed by atoms with E-state index in [1.807, 2.05) is 19.1 Å². The Balaban J connectivity index is 2.09. The van der Waals surface area contributed by atoms with E-state index < -0.39 is 0 Å². The van der Waals surface area contributed by atoms with Crippen molar-refractivity contribution in [2.75, 3.05) is 24.5 Å². The van der Waals surface area contributed by atoms with Crippen LogP contribution in [0.3, 0.4) is 0 Å². The van der Waals surface area contributed by atoms with E-state index in [9.17, 15) is 4.39 Å². The number of ether oxygens (including phenoxy) is 1. The molecule has 21 heavy (non-hydrogen) atoms. The van der Waals surface area contributed by atoms with Crippen molar-refractivity contribution in [3.63, 3.8) is 0 Å². The van der Waals surface area contributed by atoms with E-state index in [2.05, 4.69) is 31.0 Å². The second-order valence-electron chi connectivity index (χ2n) is 6.53.